The van der Waals surface area contributed by atoms with Crippen molar-refractivity contribution in [3.8, 4) is 11.6 Å². The monoisotopic (exact) mass is 214 g/mol. The Labute approximate surface area is 94.1 Å². The lowest BCUT2D eigenvalue weighted by atomic mass is 10.2. The van der Waals surface area contributed by atoms with Gasteiger partial charge < -0.3 is 10.5 Å². The third-order valence-corrected chi connectivity index (χ3v) is 2.17. The molecule has 0 saturated carbocycles. The number of hydrogen-bond acceptors (Lipinski definition) is 3. The third-order valence-electron chi connectivity index (χ3n) is 2.17. The number of nitrogens with zero attached hydrogens (tertiary/aromatic N) is 2. The van der Waals surface area contributed by atoms with E-state index in [0.29, 0.717) is 17.3 Å². The van der Waals surface area contributed by atoms with Crippen LogP contribution in [0.15, 0.2) is 30.6 Å². The lowest BCUT2D eigenvalue weighted by molar-refractivity contribution is 0.457. The highest BCUT2D eigenvalue weighted by atomic mass is 16.5. The van der Waals surface area contributed by atoms with Crippen molar-refractivity contribution in [2.45, 2.75) is 13.8 Å². The van der Waals surface area contributed by atoms with Gasteiger partial charge in [-0.15, -0.1) is 0 Å². The van der Waals surface area contributed by atoms with Crippen molar-refractivity contribution in [2.75, 3.05) is 0 Å². The molecule has 1 radical (unpaired) electrons. The summed E-state index contributed by atoms with van der Waals surface area (Å²) in [5.41, 5.74) is 9.72. The van der Waals surface area contributed by atoms with Gasteiger partial charge in [-0.1, -0.05) is 0 Å². The number of aryl methyl sites for hydroxylation is 2. The highest BCUT2D eigenvalue weighted by Gasteiger charge is 2.03. The zero-order valence-corrected chi connectivity index (χ0v) is 9.19. The fourth-order valence-corrected chi connectivity index (χ4v) is 1.36. The van der Waals surface area contributed by atoms with Crippen LogP contribution in [-0.2, 0) is 0 Å². The van der Waals surface area contributed by atoms with Gasteiger partial charge in [0.15, 0.2) is 0 Å². The summed E-state index contributed by atoms with van der Waals surface area (Å²) in [6.07, 6.45) is 1.47. The summed E-state index contributed by atoms with van der Waals surface area (Å²) in [4.78, 5) is 8.02. The summed E-state index contributed by atoms with van der Waals surface area (Å²) in [7, 11) is 0. The summed E-state index contributed by atoms with van der Waals surface area (Å²) in [6.45, 7) is 3.79. The van der Waals surface area contributed by atoms with Crippen LogP contribution in [0.2, 0.25) is 0 Å². The first-order valence-electron chi connectivity index (χ1n) is 4.94. The van der Waals surface area contributed by atoms with Crippen LogP contribution in [0.5, 0.6) is 11.6 Å². The maximum Gasteiger partial charge on any atom is 0.222 e. The molecule has 0 saturated heterocycles. The second-order valence-electron chi connectivity index (χ2n) is 3.58. The summed E-state index contributed by atoms with van der Waals surface area (Å²) in [5.74, 6) is 1.24. The van der Waals surface area contributed by atoms with Gasteiger partial charge >= 0.3 is 0 Å². The molecule has 2 rings (SSSR count). The van der Waals surface area contributed by atoms with E-state index in [-0.39, 0.29) is 0 Å². The van der Waals surface area contributed by atoms with Gasteiger partial charge in [-0.2, -0.15) is 0 Å². The van der Waals surface area contributed by atoms with Crippen molar-refractivity contribution in [3.63, 3.8) is 0 Å². The smallest absolute Gasteiger partial charge is 0.222 e. The molecule has 0 bridgehead atoms. The normalized spacial score (nSPS) is 10.1. The molecule has 0 aliphatic heterocycles. The molecule has 0 atom stereocenters. The van der Waals surface area contributed by atoms with Crippen LogP contribution < -0.4 is 10.5 Å². The first kappa shape index (κ1) is 10.4. The number of aromatic nitrogens is 2. The molecule has 0 fully saturated rings. The molecule has 0 aliphatic rings. The molecule has 1 N–H and O–H groups in total. The van der Waals surface area contributed by atoms with Gasteiger partial charge in [0.05, 0.1) is 5.69 Å². The second-order valence-corrected chi connectivity index (χ2v) is 3.58. The maximum absolute atomic E-state index is 7.47. The van der Waals surface area contributed by atoms with Gasteiger partial charge in [-0.25, -0.2) is 9.97 Å². The third kappa shape index (κ3) is 2.28. The van der Waals surface area contributed by atoms with Crippen LogP contribution in [0.4, 0.5) is 5.69 Å². The minimum absolute atomic E-state index is 0.476. The van der Waals surface area contributed by atoms with E-state index in [1.165, 1.54) is 6.33 Å². The van der Waals surface area contributed by atoms with Gasteiger partial charge in [-0.3, -0.25) is 0 Å². The molecule has 4 heteroatoms. The van der Waals surface area contributed by atoms with E-state index in [2.05, 4.69) is 9.97 Å². The minimum Gasteiger partial charge on any atom is -0.439 e. The lowest BCUT2D eigenvalue weighted by Gasteiger charge is -2.07. The zero-order chi connectivity index (χ0) is 11.5. The number of hydrogen-bond donors (Lipinski definition) is 0. The van der Waals surface area contributed by atoms with Crippen LogP contribution in [0.25, 0.3) is 0 Å². The number of ether oxygens (including phenoxy) is 1. The summed E-state index contributed by atoms with van der Waals surface area (Å²) in [6, 6.07) is 6.99. The first-order valence-corrected chi connectivity index (χ1v) is 4.94. The summed E-state index contributed by atoms with van der Waals surface area (Å²) >= 11 is 0. The predicted molar refractivity (Wildman–Crippen MR) is 60.8 cm³/mol. The maximum atomic E-state index is 7.47. The molecule has 2 aromatic rings. The van der Waals surface area contributed by atoms with Gasteiger partial charge in [0.2, 0.25) is 5.88 Å². The van der Waals surface area contributed by atoms with Crippen molar-refractivity contribution < 1.29 is 4.74 Å². The number of benzene rings is 1. The Kier molecular flexibility index (Phi) is 2.72. The summed E-state index contributed by atoms with van der Waals surface area (Å²) in [5, 5.41) is 0. The van der Waals surface area contributed by atoms with Gasteiger partial charge in [0, 0.05) is 11.8 Å². The van der Waals surface area contributed by atoms with Crippen LogP contribution in [-0.4, -0.2) is 9.97 Å². The fourth-order valence-electron chi connectivity index (χ4n) is 1.36. The lowest BCUT2D eigenvalue weighted by Crippen LogP contribution is -1.92. The van der Waals surface area contributed by atoms with Crippen molar-refractivity contribution in [3.05, 3.63) is 41.9 Å². The SMILES string of the molecule is Cc1cc(Oc2ccc([NH])cc2C)ncn1. The van der Waals surface area contributed by atoms with E-state index in [9.17, 15) is 0 Å². The molecular weight excluding hydrogens is 202 g/mol. The van der Waals surface area contributed by atoms with E-state index in [4.69, 9.17) is 10.5 Å². The highest BCUT2D eigenvalue weighted by molar-refractivity contribution is 5.45. The molecule has 4 nitrogen and oxygen atoms in total. The Hall–Kier alpha value is -2.10. The van der Waals surface area contributed by atoms with Crippen LogP contribution in [0.1, 0.15) is 11.3 Å². The van der Waals surface area contributed by atoms with Gasteiger partial charge in [0.1, 0.15) is 12.1 Å². The van der Waals surface area contributed by atoms with E-state index in [1.807, 2.05) is 13.8 Å². The first-order chi connectivity index (χ1) is 7.65. The number of rotatable bonds is 2. The highest BCUT2D eigenvalue weighted by Crippen LogP contribution is 2.25. The van der Waals surface area contributed by atoms with Crippen molar-refractivity contribution in [2.24, 2.45) is 0 Å². The quantitative estimate of drug-likeness (QED) is 0.772. The Morgan fingerprint density at radius 3 is 2.62 bits per heavy atom. The molecule has 1 heterocycles. The second kappa shape index (κ2) is 4.18. The Morgan fingerprint density at radius 1 is 1.12 bits per heavy atom. The molecule has 0 amide bonds. The average Bonchev–Trinajstić information content (AvgIpc) is 2.22. The molecule has 0 aliphatic carbocycles. The largest absolute Gasteiger partial charge is 0.439 e. The van der Waals surface area contributed by atoms with E-state index < -0.39 is 0 Å². The van der Waals surface area contributed by atoms with Gasteiger partial charge in [0.25, 0.3) is 0 Å². The van der Waals surface area contributed by atoms with Crippen molar-refractivity contribution in [1.29, 1.82) is 0 Å². The molecule has 0 spiro atoms. The molecule has 0 unspecified atom stereocenters. The number of nitrogens with one attached hydrogen (secondary N) is 1. The van der Waals surface area contributed by atoms with Crippen LogP contribution in [0.3, 0.4) is 0 Å². The molecule has 81 valence electrons. The predicted octanol–water partition coefficient (Wildman–Crippen LogP) is 2.80. The van der Waals surface area contributed by atoms with E-state index >= 15 is 0 Å². The Balaban J connectivity index is 2.27. The summed E-state index contributed by atoms with van der Waals surface area (Å²) < 4.78 is 5.61. The van der Waals surface area contributed by atoms with Crippen LogP contribution in [0, 0.1) is 13.8 Å². The molecule has 1 aromatic heterocycles. The van der Waals surface area contributed by atoms with Crippen LogP contribution >= 0.6 is 0 Å². The standard InChI is InChI=1S/C12H12N3O/c1-8-5-10(13)3-4-11(8)16-12-6-9(2)14-7-15-12/h3-7,13H,1-2H3. The zero-order valence-electron chi connectivity index (χ0n) is 9.19. The topological polar surface area (TPSA) is 58.8 Å². The fraction of sp³-hybridized carbons (Fsp3) is 0.167. The van der Waals surface area contributed by atoms with E-state index in [1.54, 1.807) is 24.3 Å². The average molecular weight is 214 g/mol. The minimum atomic E-state index is 0.476. The van der Waals surface area contributed by atoms with Gasteiger partial charge in [-0.05, 0) is 37.6 Å². The Bertz CT molecular complexity index is 511. The Morgan fingerprint density at radius 2 is 1.94 bits per heavy atom. The molecule has 1 aromatic carbocycles. The van der Waals surface area contributed by atoms with Crippen molar-refractivity contribution in [1.82, 2.24) is 15.7 Å². The van der Waals surface area contributed by atoms with Crippen molar-refractivity contribution >= 4 is 5.69 Å². The van der Waals surface area contributed by atoms with E-state index in [0.717, 1.165) is 11.3 Å². The molecule has 16 heavy (non-hydrogen) atoms. The molecular formula is C12H12N3O.